The molecular weight excluding hydrogens is 212 g/mol. The van der Waals surface area contributed by atoms with E-state index in [2.05, 4.69) is 10.2 Å². The van der Waals surface area contributed by atoms with Crippen LogP contribution in [-0.4, -0.2) is 36.0 Å². The Hall–Kier alpha value is -0.570. The number of hydrogen-bond acceptors (Lipinski definition) is 2. The summed E-state index contributed by atoms with van der Waals surface area (Å²) >= 11 is 0. The molecule has 96 valence electrons. The molecule has 17 heavy (non-hydrogen) atoms. The molecule has 3 atom stereocenters. The first-order chi connectivity index (χ1) is 8.36. The highest BCUT2D eigenvalue weighted by molar-refractivity contribution is 5.82. The Morgan fingerprint density at radius 3 is 2.71 bits per heavy atom. The van der Waals surface area contributed by atoms with E-state index in [0.717, 1.165) is 25.4 Å². The van der Waals surface area contributed by atoms with Gasteiger partial charge in [0, 0.05) is 12.6 Å². The van der Waals surface area contributed by atoms with Crippen molar-refractivity contribution >= 4 is 5.91 Å². The first-order valence-electron chi connectivity index (χ1n) is 7.40. The molecule has 0 aromatic carbocycles. The van der Waals surface area contributed by atoms with E-state index in [0.29, 0.717) is 11.9 Å². The van der Waals surface area contributed by atoms with E-state index in [-0.39, 0.29) is 6.04 Å². The van der Waals surface area contributed by atoms with Crippen LogP contribution in [0.2, 0.25) is 0 Å². The summed E-state index contributed by atoms with van der Waals surface area (Å²) in [6, 6.07) is 0.711. The van der Waals surface area contributed by atoms with E-state index < -0.39 is 0 Å². The van der Waals surface area contributed by atoms with Gasteiger partial charge in [0.1, 0.15) is 0 Å². The summed E-state index contributed by atoms with van der Waals surface area (Å²) in [6.07, 6.45) is 10.0. The van der Waals surface area contributed by atoms with Crippen molar-refractivity contribution in [3.63, 3.8) is 0 Å². The number of carbonyl (C=O) groups excluding carboxylic acids is 1. The second-order valence-corrected chi connectivity index (χ2v) is 5.93. The van der Waals surface area contributed by atoms with Crippen molar-refractivity contribution in [2.75, 3.05) is 13.1 Å². The number of amides is 1. The van der Waals surface area contributed by atoms with Gasteiger partial charge in [-0.15, -0.1) is 0 Å². The fourth-order valence-electron chi connectivity index (χ4n) is 3.99. The van der Waals surface area contributed by atoms with Gasteiger partial charge >= 0.3 is 0 Å². The summed E-state index contributed by atoms with van der Waals surface area (Å²) in [5.74, 6) is 1.22. The van der Waals surface area contributed by atoms with E-state index in [1.165, 1.54) is 44.9 Å². The highest BCUT2D eigenvalue weighted by Gasteiger charge is 2.39. The molecule has 1 saturated carbocycles. The molecule has 1 amide bonds. The van der Waals surface area contributed by atoms with Crippen molar-refractivity contribution in [3.8, 4) is 0 Å². The van der Waals surface area contributed by atoms with Gasteiger partial charge in [-0.3, -0.25) is 4.79 Å². The van der Waals surface area contributed by atoms with Crippen molar-refractivity contribution in [2.24, 2.45) is 5.92 Å². The lowest BCUT2D eigenvalue weighted by molar-refractivity contribution is -0.138. The summed E-state index contributed by atoms with van der Waals surface area (Å²) in [6.45, 7) is 2.04. The van der Waals surface area contributed by atoms with Gasteiger partial charge in [0.15, 0.2) is 0 Å². The first kappa shape index (κ1) is 11.5. The zero-order valence-electron chi connectivity index (χ0n) is 10.7. The summed E-state index contributed by atoms with van der Waals surface area (Å²) in [7, 11) is 0. The van der Waals surface area contributed by atoms with Crippen LogP contribution in [-0.2, 0) is 4.79 Å². The van der Waals surface area contributed by atoms with Crippen molar-refractivity contribution in [1.29, 1.82) is 0 Å². The molecule has 0 spiro atoms. The zero-order chi connectivity index (χ0) is 11.7. The number of piperidine rings is 2. The number of carbonyl (C=O) groups is 1. The minimum Gasteiger partial charge on any atom is -0.338 e. The molecule has 1 aliphatic carbocycles. The highest BCUT2D eigenvalue weighted by Crippen LogP contribution is 2.37. The Kier molecular flexibility index (Phi) is 3.37. The van der Waals surface area contributed by atoms with Gasteiger partial charge in [-0.2, -0.15) is 0 Å². The van der Waals surface area contributed by atoms with Gasteiger partial charge in [0.2, 0.25) is 5.91 Å². The van der Waals surface area contributed by atoms with E-state index in [1.807, 2.05) is 0 Å². The van der Waals surface area contributed by atoms with Crippen LogP contribution in [0.1, 0.15) is 51.4 Å². The smallest absolute Gasteiger partial charge is 0.239 e. The lowest BCUT2D eigenvalue weighted by Crippen LogP contribution is -2.54. The summed E-state index contributed by atoms with van der Waals surface area (Å²) in [5.41, 5.74) is 0. The van der Waals surface area contributed by atoms with Crippen LogP contribution < -0.4 is 5.32 Å². The monoisotopic (exact) mass is 236 g/mol. The molecule has 3 nitrogen and oxygen atoms in total. The standard InChI is InChI=1S/C14H24N2O/c17-14(12-7-1-2-9-15-12)16-10-4-6-11-5-3-8-13(11)16/h11-13,15H,1-10H2/t11?,12-,13?/m1/s1. The molecule has 2 saturated heterocycles. The minimum atomic E-state index is 0.128. The lowest BCUT2D eigenvalue weighted by atomic mass is 9.91. The van der Waals surface area contributed by atoms with E-state index in [9.17, 15) is 4.79 Å². The van der Waals surface area contributed by atoms with Crippen molar-refractivity contribution in [3.05, 3.63) is 0 Å². The largest absolute Gasteiger partial charge is 0.338 e. The maximum absolute atomic E-state index is 12.6. The fourth-order valence-corrected chi connectivity index (χ4v) is 3.99. The van der Waals surface area contributed by atoms with Gasteiger partial charge in [0.05, 0.1) is 6.04 Å². The molecule has 3 fully saturated rings. The second kappa shape index (κ2) is 4.97. The summed E-state index contributed by atoms with van der Waals surface area (Å²) in [4.78, 5) is 14.8. The Labute approximate surface area is 104 Å². The molecule has 0 aromatic heterocycles. The quantitative estimate of drug-likeness (QED) is 0.754. The molecular formula is C14H24N2O. The Morgan fingerprint density at radius 2 is 1.88 bits per heavy atom. The molecule has 3 aliphatic rings. The van der Waals surface area contributed by atoms with Crippen LogP contribution in [0.3, 0.4) is 0 Å². The Morgan fingerprint density at radius 1 is 1.00 bits per heavy atom. The zero-order valence-corrected chi connectivity index (χ0v) is 10.7. The van der Waals surface area contributed by atoms with Crippen LogP contribution in [0.4, 0.5) is 0 Å². The third-order valence-corrected chi connectivity index (χ3v) is 4.88. The van der Waals surface area contributed by atoms with Crippen LogP contribution in [0, 0.1) is 5.92 Å². The van der Waals surface area contributed by atoms with Crippen LogP contribution >= 0.6 is 0 Å². The topological polar surface area (TPSA) is 32.3 Å². The highest BCUT2D eigenvalue weighted by atomic mass is 16.2. The second-order valence-electron chi connectivity index (χ2n) is 5.93. The number of nitrogens with one attached hydrogen (secondary N) is 1. The van der Waals surface area contributed by atoms with Gasteiger partial charge < -0.3 is 10.2 Å². The maximum Gasteiger partial charge on any atom is 0.239 e. The van der Waals surface area contributed by atoms with Gasteiger partial charge in [-0.25, -0.2) is 0 Å². The third kappa shape index (κ3) is 2.22. The van der Waals surface area contributed by atoms with Gasteiger partial charge in [-0.1, -0.05) is 12.8 Å². The minimum absolute atomic E-state index is 0.128. The molecule has 0 radical (unpaired) electrons. The van der Waals surface area contributed by atoms with E-state index >= 15 is 0 Å². The molecule has 1 N–H and O–H groups in total. The SMILES string of the molecule is O=C([C@H]1CCCCN1)N1CCCC2CCCC21. The predicted molar refractivity (Wildman–Crippen MR) is 67.7 cm³/mol. The van der Waals surface area contributed by atoms with Crippen molar-refractivity contribution < 1.29 is 4.79 Å². The molecule has 3 heteroatoms. The normalized spacial score (nSPS) is 37.9. The summed E-state index contributed by atoms with van der Waals surface area (Å²) in [5, 5.41) is 3.40. The van der Waals surface area contributed by atoms with Crippen molar-refractivity contribution in [2.45, 2.75) is 63.5 Å². The van der Waals surface area contributed by atoms with E-state index in [1.54, 1.807) is 0 Å². The fraction of sp³-hybridized carbons (Fsp3) is 0.929. The molecule has 0 bridgehead atoms. The molecule has 0 aromatic rings. The predicted octanol–water partition coefficient (Wildman–Crippen LogP) is 1.92. The number of hydrogen-bond donors (Lipinski definition) is 1. The molecule has 2 aliphatic heterocycles. The van der Waals surface area contributed by atoms with Crippen LogP contribution in [0.25, 0.3) is 0 Å². The Bertz CT molecular complexity index is 286. The first-order valence-corrected chi connectivity index (χ1v) is 7.40. The lowest BCUT2D eigenvalue weighted by Gasteiger charge is -2.40. The number of nitrogens with zero attached hydrogens (tertiary/aromatic N) is 1. The molecule has 3 rings (SSSR count). The average Bonchev–Trinajstić information content (AvgIpc) is 2.87. The maximum atomic E-state index is 12.6. The molecule has 2 heterocycles. The van der Waals surface area contributed by atoms with Crippen LogP contribution in [0.15, 0.2) is 0 Å². The molecule has 2 unspecified atom stereocenters. The third-order valence-electron chi connectivity index (χ3n) is 4.88. The van der Waals surface area contributed by atoms with Crippen LogP contribution in [0.5, 0.6) is 0 Å². The van der Waals surface area contributed by atoms with Crippen molar-refractivity contribution in [1.82, 2.24) is 10.2 Å². The van der Waals surface area contributed by atoms with Gasteiger partial charge in [0.25, 0.3) is 0 Å². The number of rotatable bonds is 1. The van der Waals surface area contributed by atoms with E-state index in [4.69, 9.17) is 0 Å². The number of fused-ring (bicyclic) bond motifs is 1. The van der Waals surface area contributed by atoms with Gasteiger partial charge in [-0.05, 0) is 51.0 Å². The Balaban J connectivity index is 1.67. The summed E-state index contributed by atoms with van der Waals surface area (Å²) < 4.78 is 0. The number of likely N-dealkylation sites (tertiary alicyclic amines) is 1. The average molecular weight is 236 g/mol.